The molecule has 2 aromatic rings. The summed E-state index contributed by atoms with van der Waals surface area (Å²) in [5, 5.41) is 0. The summed E-state index contributed by atoms with van der Waals surface area (Å²) in [5.74, 6) is 1.36. The van der Waals surface area contributed by atoms with E-state index in [-0.39, 0.29) is 6.04 Å². The lowest BCUT2D eigenvalue weighted by Crippen LogP contribution is -2.24. The van der Waals surface area contributed by atoms with Gasteiger partial charge in [-0.3, -0.25) is 0 Å². The Kier molecular flexibility index (Phi) is 3.25. The highest BCUT2D eigenvalue weighted by Gasteiger charge is 2.11. The van der Waals surface area contributed by atoms with Gasteiger partial charge < -0.3 is 10.2 Å². The topological polar surface area (TPSA) is 52.0 Å². The van der Waals surface area contributed by atoms with E-state index in [1.165, 1.54) is 0 Å². The quantitative estimate of drug-likeness (QED) is 0.858. The second-order valence-corrected chi connectivity index (χ2v) is 4.67. The van der Waals surface area contributed by atoms with E-state index in [4.69, 9.17) is 10.2 Å². The number of nitrogens with two attached hydrogens (primary N) is 1. The van der Waals surface area contributed by atoms with Crippen LogP contribution in [0, 0.1) is 5.92 Å². The number of benzene rings is 1. The molecular formula is C13H18N2O. The van der Waals surface area contributed by atoms with E-state index in [1.54, 1.807) is 0 Å². The molecule has 0 aliphatic rings. The van der Waals surface area contributed by atoms with E-state index in [0.717, 1.165) is 23.4 Å². The zero-order chi connectivity index (χ0) is 11.5. The van der Waals surface area contributed by atoms with Gasteiger partial charge in [-0.15, -0.1) is 0 Å². The monoisotopic (exact) mass is 218 g/mol. The van der Waals surface area contributed by atoms with Crippen molar-refractivity contribution in [1.29, 1.82) is 0 Å². The first-order valence-electron chi connectivity index (χ1n) is 5.75. The van der Waals surface area contributed by atoms with Gasteiger partial charge in [0.15, 0.2) is 11.5 Å². The number of hydrogen-bond acceptors (Lipinski definition) is 3. The molecule has 0 aliphatic carbocycles. The average Bonchev–Trinajstić information content (AvgIpc) is 2.57. The summed E-state index contributed by atoms with van der Waals surface area (Å²) in [7, 11) is 0. The maximum absolute atomic E-state index is 6.03. The Bertz CT molecular complexity index is 429. The van der Waals surface area contributed by atoms with E-state index in [2.05, 4.69) is 18.8 Å². The summed E-state index contributed by atoms with van der Waals surface area (Å²) in [6.07, 6.45) is 1.71. The minimum absolute atomic E-state index is 0.132. The maximum Gasteiger partial charge on any atom is 0.197 e. The first-order valence-corrected chi connectivity index (χ1v) is 5.75. The normalized spacial score (nSPS) is 13.5. The fourth-order valence-electron chi connectivity index (χ4n) is 1.92. The van der Waals surface area contributed by atoms with E-state index in [0.29, 0.717) is 12.3 Å². The molecule has 3 heteroatoms. The summed E-state index contributed by atoms with van der Waals surface area (Å²) >= 11 is 0. The number of para-hydroxylation sites is 2. The van der Waals surface area contributed by atoms with Crippen molar-refractivity contribution in [2.45, 2.75) is 32.7 Å². The van der Waals surface area contributed by atoms with E-state index in [9.17, 15) is 0 Å². The third-order valence-corrected chi connectivity index (χ3v) is 2.55. The number of hydrogen-bond donors (Lipinski definition) is 1. The predicted molar refractivity (Wildman–Crippen MR) is 65.1 cm³/mol. The molecule has 3 nitrogen and oxygen atoms in total. The molecule has 0 bridgehead atoms. The highest BCUT2D eigenvalue weighted by Crippen LogP contribution is 2.16. The maximum atomic E-state index is 6.03. The van der Waals surface area contributed by atoms with Gasteiger partial charge >= 0.3 is 0 Å². The van der Waals surface area contributed by atoms with Gasteiger partial charge in [0.1, 0.15) is 5.52 Å². The third-order valence-electron chi connectivity index (χ3n) is 2.55. The number of fused-ring (bicyclic) bond motifs is 1. The van der Waals surface area contributed by atoms with Crippen molar-refractivity contribution >= 4 is 11.1 Å². The minimum Gasteiger partial charge on any atom is -0.441 e. The molecule has 16 heavy (non-hydrogen) atoms. The van der Waals surface area contributed by atoms with Crippen LogP contribution in [0.15, 0.2) is 28.7 Å². The highest BCUT2D eigenvalue weighted by molar-refractivity contribution is 5.72. The van der Waals surface area contributed by atoms with Crippen molar-refractivity contribution in [1.82, 2.24) is 4.98 Å². The first kappa shape index (κ1) is 11.1. The van der Waals surface area contributed by atoms with Gasteiger partial charge in [0.25, 0.3) is 0 Å². The van der Waals surface area contributed by atoms with E-state index in [1.807, 2.05) is 24.3 Å². The predicted octanol–water partition coefficient (Wildman–Crippen LogP) is 2.74. The second kappa shape index (κ2) is 4.66. The summed E-state index contributed by atoms with van der Waals surface area (Å²) in [6.45, 7) is 4.35. The molecule has 1 aromatic carbocycles. The van der Waals surface area contributed by atoms with Crippen LogP contribution < -0.4 is 5.73 Å². The molecule has 0 saturated carbocycles. The van der Waals surface area contributed by atoms with Crippen molar-refractivity contribution < 1.29 is 4.42 Å². The summed E-state index contributed by atoms with van der Waals surface area (Å²) in [6, 6.07) is 7.93. The Morgan fingerprint density at radius 1 is 1.31 bits per heavy atom. The minimum atomic E-state index is 0.132. The number of oxazole rings is 1. The molecular weight excluding hydrogens is 200 g/mol. The molecule has 1 unspecified atom stereocenters. The van der Waals surface area contributed by atoms with Crippen LogP contribution in [-0.2, 0) is 6.42 Å². The molecule has 2 rings (SSSR count). The zero-order valence-electron chi connectivity index (χ0n) is 9.81. The lowest BCUT2D eigenvalue weighted by molar-refractivity contribution is 0.444. The van der Waals surface area contributed by atoms with Gasteiger partial charge in [0.05, 0.1) is 0 Å². The number of aromatic nitrogens is 1. The van der Waals surface area contributed by atoms with Crippen LogP contribution in [0.4, 0.5) is 0 Å². The first-order chi connectivity index (χ1) is 7.65. The van der Waals surface area contributed by atoms with Crippen molar-refractivity contribution in [3.05, 3.63) is 30.2 Å². The van der Waals surface area contributed by atoms with Crippen molar-refractivity contribution in [2.24, 2.45) is 11.7 Å². The molecule has 0 fully saturated rings. The van der Waals surface area contributed by atoms with Gasteiger partial charge in [-0.1, -0.05) is 26.0 Å². The number of nitrogens with zero attached hydrogens (tertiary/aromatic N) is 1. The lowest BCUT2D eigenvalue weighted by Gasteiger charge is -2.11. The van der Waals surface area contributed by atoms with Crippen LogP contribution in [0.2, 0.25) is 0 Å². The molecule has 0 spiro atoms. The number of rotatable bonds is 4. The molecule has 1 heterocycles. The Morgan fingerprint density at radius 3 is 2.75 bits per heavy atom. The zero-order valence-corrected chi connectivity index (χ0v) is 9.81. The lowest BCUT2D eigenvalue weighted by atomic mass is 10.0. The molecule has 2 N–H and O–H groups in total. The third kappa shape index (κ3) is 2.61. The van der Waals surface area contributed by atoms with Gasteiger partial charge in [0.2, 0.25) is 0 Å². The Balaban J connectivity index is 2.09. The summed E-state index contributed by atoms with van der Waals surface area (Å²) in [4.78, 5) is 4.41. The standard InChI is InChI=1S/C13H18N2O/c1-9(2)7-10(14)8-13-15-11-5-3-4-6-12(11)16-13/h3-6,9-10H,7-8,14H2,1-2H3. The second-order valence-electron chi connectivity index (χ2n) is 4.67. The molecule has 0 radical (unpaired) electrons. The van der Waals surface area contributed by atoms with Crippen LogP contribution in [0.25, 0.3) is 11.1 Å². The van der Waals surface area contributed by atoms with Crippen LogP contribution in [0.1, 0.15) is 26.2 Å². The van der Waals surface area contributed by atoms with Crippen molar-refractivity contribution in [3.63, 3.8) is 0 Å². The molecule has 1 aromatic heterocycles. The van der Waals surface area contributed by atoms with Crippen LogP contribution >= 0.6 is 0 Å². The SMILES string of the molecule is CC(C)CC(N)Cc1nc2ccccc2o1. The van der Waals surface area contributed by atoms with Crippen LogP contribution in [0.5, 0.6) is 0 Å². The van der Waals surface area contributed by atoms with E-state index >= 15 is 0 Å². The summed E-state index contributed by atoms with van der Waals surface area (Å²) < 4.78 is 5.63. The summed E-state index contributed by atoms with van der Waals surface area (Å²) in [5.41, 5.74) is 7.78. The fraction of sp³-hybridized carbons (Fsp3) is 0.462. The van der Waals surface area contributed by atoms with Crippen LogP contribution in [0.3, 0.4) is 0 Å². The molecule has 1 atom stereocenters. The Morgan fingerprint density at radius 2 is 2.06 bits per heavy atom. The average molecular weight is 218 g/mol. The fourth-order valence-corrected chi connectivity index (χ4v) is 1.92. The Labute approximate surface area is 95.7 Å². The van der Waals surface area contributed by atoms with Crippen molar-refractivity contribution in [3.8, 4) is 0 Å². The largest absolute Gasteiger partial charge is 0.441 e. The molecule has 0 saturated heterocycles. The van der Waals surface area contributed by atoms with Gasteiger partial charge in [-0.05, 0) is 24.5 Å². The van der Waals surface area contributed by atoms with Crippen LogP contribution in [-0.4, -0.2) is 11.0 Å². The van der Waals surface area contributed by atoms with Gasteiger partial charge in [0, 0.05) is 12.5 Å². The molecule has 86 valence electrons. The van der Waals surface area contributed by atoms with Crippen molar-refractivity contribution in [2.75, 3.05) is 0 Å². The smallest absolute Gasteiger partial charge is 0.197 e. The molecule has 0 amide bonds. The molecule has 0 aliphatic heterocycles. The highest BCUT2D eigenvalue weighted by atomic mass is 16.3. The van der Waals surface area contributed by atoms with Gasteiger partial charge in [-0.25, -0.2) is 4.98 Å². The Hall–Kier alpha value is -1.35. The van der Waals surface area contributed by atoms with Gasteiger partial charge in [-0.2, -0.15) is 0 Å². The van der Waals surface area contributed by atoms with E-state index < -0.39 is 0 Å².